The summed E-state index contributed by atoms with van der Waals surface area (Å²) >= 11 is 0. The van der Waals surface area contributed by atoms with Gasteiger partial charge in [-0.25, -0.2) is 15.0 Å². The molecule has 0 N–H and O–H groups in total. The first kappa shape index (κ1) is 31.5. The van der Waals surface area contributed by atoms with Gasteiger partial charge in [-0.15, -0.1) is 0 Å². The lowest BCUT2D eigenvalue weighted by Gasteiger charge is -2.09. The molecular weight excluding hydrogens is 701 g/mol. The molecule has 0 spiro atoms. The molecule has 0 bridgehead atoms. The molecule has 0 saturated carbocycles. The number of fused-ring (bicyclic) bond motifs is 9. The fraction of sp³-hybridized carbons (Fsp3) is 0. The van der Waals surface area contributed by atoms with E-state index < -0.39 is 0 Å². The van der Waals surface area contributed by atoms with Crippen LogP contribution in [-0.2, 0) is 0 Å². The first-order valence-electron chi connectivity index (χ1n) is 19.0. The quantitative estimate of drug-likeness (QED) is 0.176. The highest BCUT2D eigenvalue weighted by atomic mass is 16.3. The van der Waals surface area contributed by atoms with Gasteiger partial charge in [0.05, 0.1) is 16.6 Å². The summed E-state index contributed by atoms with van der Waals surface area (Å²) < 4.78 is 15.4. The molecule has 4 heterocycles. The SMILES string of the molecule is c1ccc(-c2nc(-c3cccc4c3oc3cc(-c5ccc6c(c5)c5ccccc5n6-c5ccccc5)ccc34)nc(-c3cccc4oc5ccccc5c34)n2)cc1. The van der Waals surface area contributed by atoms with Gasteiger partial charge >= 0.3 is 0 Å². The van der Waals surface area contributed by atoms with Crippen molar-refractivity contribution < 1.29 is 8.83 Å². The van der Waals surface area contributed by atoms with E-state index in [0.717, 1.165) is 77.4 Å². The summed E-state index contributed by atoms with van der Waals surface area (Å²) in [6.07, 6.45) is 0. The molecule has 12 rings (SSSR count). The van der Waals surface area contributed by atoms with Gasteiger partial charge in [0, 0.05) is 49.1 Å². The second kappa shape index (κ2) is 12.3. The number of aromatic nitrogens is 4. The molecule has 0 radical (unpaired) electrons. The molecule has 4 aromatic heterocycles. The third kappa shape index (κ3) is 4.94. The molecule has 8 aromatic carbocycles. The van der Waals surface area contributed by atoms with Crippen LogP contribution >= 0.6 is 0 Å². The van der Waals surface area contributed by atoms with E-state index in [-0.39, 0.29) is 0 Å². The van der Waals surface area contributed by atoms with Crippen molar-refractivity contribution in [2.24, 2.45) is 0 Å². The van der Waals surface area contributed by atoms with Crippen LogP contribution in [-0.4, -0.2) is 19.5 Å². The third-order valence-electron chi connectivity index (χ3n) is 11.1. The number of furan rings is 2. The van der Waals surface area contributed by atoms with Gasteiger partial charge < -0.3 is 13.4 Å². The Morgan fingerprint density at radius 2 is 0.982 bits per heavy atom. The lowest BCUT2D eigenvalue weighted by atomic mass is 10.0. The van der Waals surface area contributed by atoms with Gasteiger partial charge in [-0.1, -0.05) is 121 Å². The number of hydrogen-bond acceptors (Lipinski definition) is 5. The summed E-state index contributed by atoms with van der Waals surface area (Å²) in [6.45, 7) is 0. The molecule has 0 atom stereocenters. The zero-order valence-corrected chi connectivity index (χ0v) is 30.4. The van der Waals surface area contributed by atoms with E-state index in [1.165, 1.54) is 21.8 Å². The van der Waals surface area contributed by atoms with Crippen LogP contribution in [0.1, 0.15) is 0 Å². The highest BCUT2D eigenvalue weighted by Crippen LogP contribution is 2.41. The maximum Gasteiger partial charge on any atom is 0.167 e. The fourth-order valence-electron chi connectivity index (χ4n) is 8.46. The fourth-order valence-corrected chi connectivity index (χ4v) is 8.46. The van der Waals surface area contributed by atoms with Crippen LogP contribution < -0.4 is 0 Å². The molecule has 6 heteroatoms. The Hall–Kier alpha value is -7.83. The molecule has 57 heavy (non-hydrogen) atoms. The minimum atomic E-state index is 0.536. The molecule has 0 amide bonds. The van der Waals surface area contributed by atoms with E-state index in [0.29, 0.717) is 17.5 Å². The van der Waals surface area contributed by atoms with E-state index in [1.807, 2.05) is 72.8 Å². The largest absolute Gasteiger partial charge is 0.456 e. The molecule has 0 aliphatic rings. The molecule has 0 aliphatic carbocycles. The Labute approximate surface area is 325 Å². The van der Waals surface area contributed by atoms with Crippen LogP contribution in [0, 0.1) is 0 Å². The molecule has 0 saturated heterocycles. The standard InChI is InChI=1S/C51H30N4O2/c1-3-13-31(14-4-1)49-52-50(39-20-12-24-45-47(39)38-18-8-10-23-44(38)56-45)54-51(53-49)40-21-11-19-37-36-27-25-33(30-46(36)57-48(37)40)32-26-28-43-41(29-32)35-17-7-9-22-42(35)55(43)34-15-5-2-6-16-34/h1-30H. The summed E-state index contributed by atoms with van der Waals surface area (Å²) in [7, 11) is 0. The van der Waals surface area contributed by atoms with Crippen molar-refractivity contribution in [3.8, 4) is 51.0 Å². The molecule has 6 nitrogen and oxygen atoms in total. The Bertz CT molecular complexity index is 3530. The average molecular weight is 731 g/mol. The van der Waals surface area contributed by atoms with Crippen LogP contribution in [0.3, 0.4) is 0 Å². The van der Waals surface area contributed by atoms with Gasteiger partial charge in [0.25, 0.3) is 0 Å². The Morgan fingerprint density at radius 1 is 0.351 bits per heavy atom. The summed E-state index contributed by atoms with van der Waals surface area (Å²) in [5.74, 6) is 1.68. The molecule has 0 aliphatic heterocycles. The van der Waals surface area contributed by atoms with Crippen LogP contribution in [0.15, 0.2) is 191 Å². The number of para-hydroxylation sites is 4. The molecule has 12 aromatic rings. The van der Waals surface area contributed by atoms with Crippen molar-refractivity contribution in [2.75, 3.05) is 0 Å². The predicted molar refractivity (Wildman–Crippen MR) is 230 cm³/mol. The number of rotatable bonds is 5. The molecular formula is C51H30N4O2. The van der Waals surface area contributed by atoms with E-state index in [2.05, 4.69) is 114 Å². The Balaban J connectivity index is 1.02. The van der Waals surface area contributed by atoms with Gasteiger partial charge in [0.1, 0.15) is 22.3 Å². The predicted octanol–water partition coefficient (Wildman–Crippen LogP) is 13.4. The molecule has 0 fully saturated rings. The number of benzene rings is 8. The zero-order valence-electron chi connectivity index (χ0n) is 30.4. The first-order chi connectivity index (χ1) is 28.2. The average Bonchev–Trinajstić information content (AvgIpc) is 3.96. The van der Waals surface area contributed by atoms with Crippen LogP contribution in [0.5, 0.6) is 0 Å². The van der Waals surface area contributed by atoms with E-state index >= 15 is 0 Å². The smallest absolute Gasteiger partial charge is 0.167 e. The normalized spacial score (nSPS) is 11.9. The second-order valence-corrected chi connectivity index (χ2v) is 14.4. The lowest BCUT2D eigenvalue weighted by Crippen LogP contribution is -2.00. The summed E-state index contributed by atoms with van der Waals surface area (Å²) in [6, 6.07) is 62.7. The van der Waals surface area contributed by atoms with Crippen LogP contribution in [0.25, 0.3) is 117 Å². The van der Waals surface area contributed by atoms with Gasteiger partial charge in [-0.3, -0.25) is 0 Å². The maximum atomic E-state index is 6.81. The van der Waals surface area contributed by atoms with Gasteiger partial charge in [0.2, 0.25) is 0 Å². The van der Waals surface area contributed by atoms with Crippen molar-refractivity contribution >= 4 is 65.7 Å². The summed E-state index contributed by atoms with van der Waals surface area (Å²) in [5.41, 5.74) is 11.4. The topological polar surface area (TPSA) is 69.9 Å². The number of nitrogens with zero attached hydrogens (tertiary/aromatic N) is 4. The van der Waals surface area contributed by atoms with Crippen LogP contribution in [0.4, 0.5) is 0 Å². The second-order valence-electron chi connectivity index (χ2n) is 14.4. The lowest BCUT2D eigenvalue weighted by molar-refractivity contribution is 0.668. The Kier molecular flexibility index (Phi) is 6.83. The molecule has 0 unspecified atom stereocenters. The first-order valence-corrected chi connectivity index (χ1v) is 19.0. The van der Waals surface area contributed by atoms with Gasteiger partial charge in [-0.2, -0.15) is 0 Å². The van der Waals surface area contributed by atoms with Crippen molar-refractivity contribution in [1.82, 2.24) is 19.5 Å². The highest BCUT2D eigenvalue weighted by Gasteiger charge is 2.21. The van der Waals surface area contributed by atoms with Crippen LogP contribution in [0.2, 0.25) is 0 Å². The number of hydrogen-bond donors (Lipinski definition) is 0. The van der Waals surface area contributed by atoms with Gasteiger partial charge in [-0.05, 0) is 71.8 Å². The highest BCUT2D eigenvalue weighted by molar-refractivity contribution is 6.13. The minimum absolute atomic E-state index is 0.536. The van der Waals surface area contributed by atoms with Gasteiger partial charge in [0.15, 0.2) is 17.5 Å². The van der Waals surface area contributed by atoms with Crippen molar-refractivity contribution in [2.45, 2.75) is 0 Å². The van der Waals surface area contributed by atoms with E-state index in [4.69, 9.17) is 23.8 Å². The zero-order chi connectivity index (χ0) is 37.5. The minimum Gasteiger partial charge on any atom is -0.456 e. The maximum absolute atomic E-state index is 6.81. The van der Waals surface area contributed by atoms with E-state index in [1.54, 1.807) is 0 Å². The monoisotopic (exact) mass is 730 g/mol. The van der Waals surface area contributed by atoms with E-state index in [9.17, 15) is 0 Å². The summed E-state index contributed by atoms with van der Waals surface area (Å²) in [4.78, 5) is 15.3. The Morgan fingerprint density at radius 3 is 1.86 bits per heavy atom. The molecule has 266 valence electrons. The van der Waals surface area contributed by atoms with Crippen molar-refractivity contribution in [1.29, 1.82) is 0 Å². The third-order valence-corrected chi connectivity index (χ3v) is 11.1. The van der Waals surface area contributed by atoms with Crippen molar-refractivity contribution in [3.05, 3.63) is 182 Å². The summed E-state index contributed by atoms with van der Waals surface area (Å²) in [5, 5.41) is 6.45. The van der Waals surface area contributed by atoms with Crippen molar-refractivity contribution in [3.63, 3.8) is 0 Å².